The Labute approximate surface area is 110 Å². The van der Waals surface area contributed by atoms with Gasteiger partial charge in [-0.3, -0.25) is 9.59 Å². The second-order valence-corrected chi connectivity index (χ2v) is 5.77. The molecule has 0 saturated heterocycles. The molecule has 98 valence electrons. The first-order valence-corrected chi connectivity index (χ1v) is 6.89. The molecule has 1 fully saturated rings. The highest BCUT2D eigenvalue weighted by atomic mass is 32.1. The number of thiophene rings is 1. The van der Waals surface area contributed by atoms with Crippen molar-refractivity contribution in [2.45, 2.75) is 25.7 Å². The average Bonchev–Trinajstić information content (AvgIpc) is 3.00. The highest BCUT2D eigenvalue weighted by Crippen LogP contribution is 2.51. The van der Waals surface area contributed by atoms with Gasteiger partial charge in [0.05, 0.1) is 6.42 Å². The lowest BCUT2D eigenvalue weighted by molar-refractivity contribution is -0.138. The molecule has 18 heavy (non-hydrogen) atoms. The summed E-state index contributed by atoms with van der Waals surface area (Å²) in [4.78, 5) is 25.4. The van der Waals surface area contributed by atoms with Crippen molar-refractivity contribution in [1.29, 1.82) is 0 Å². The molecule has 1 N–H and O–H groups in total. The van der Waals surface area contributed by atoms with Crippen LogP contribution in [0.5, 0.6) is 0 Å². The van der Waals surface area contributed by atoms with Gasteiger partial charge in [-0.15, -0.1) is 11.3 Å². The normalized spacial score (nSPS) is 21.7. The van der Waals surface area contributed by atoms with E-state index < -0.39 is 5.97 Å². The molecule has 0 aliphatic heterocycles. The van der Waals surface area contributed by atoms with E-state index in [0.29, 0.717) is 12.5 Å². The van der Waals surface area contributed by atoms with Gasteiger partial charge in [-0.1, -0.05) is 0 Å². The maximum absolute atomic E-state index is 12.1. The first-order valence-electron chi connectivity index (χ1n) is 6.01. The zero-order chi connectivity index (χ0) is 13.3. The number of carbonyl (C=O) groups excluding carboxylic acids is 1. The number of nitrogens with zero attached hydrogens (tertiary/aromatic N) is 1. The Balaban J connectivity index is 1.89. The van der Waals surface area contributed by atoms with Crippen LogP contribution >= 0.6 is 11.3 Å². The summed E-state index contributed by atoms with van der Waals surface area (Å²) in [7, 11) is 1.68. The summed E-state index contributed by atoms with van der Waals surface area (Å²) < 4.78 is 0. The molecular weight excluding hydrogens is 250 g/mol. The van der Waals surface area contributed by atoms with Crippen molar-refractivity contribution in [3.8, 4) is 0 Å². The molecule has 0 unspecified atom stereocenters. The monoisotopic (exact) mass is 267 g/mol. The largest absolute Gasteiger partial charge is 0.481 e. The average molecular weight is 267 g/mol. The maximum atomic E-state index is 12.1. The minimum Gasteiger partial charge on any atom is -0.481 e. The predicted molar refractivity (Wildman–Crippen MR) is 69.8 cm³/mol. The Morgan fingerprint density at radius 3 is 2.83 bits per heavy atom. The number of aliphatic carboxylic acids is 1. The minimum atomic E-state index is -0.865. The van der Waals surface area contributed by atoms with E-state index in [4.69, 9.17) is 5.11 Å². The van der Waals surface area contributed by atoms with Crippen molar-refractivity contribution < 1.29 is 14.7 Å². The molecule has 2 atom stereocenters. The topological polar surface area (TPSA) is 57.6 Å². The van der Waals surface area contributed by atoms with Crippen LogP contribution in [0.15, 0.2) is 11.4 Å². The van der Waals surface area contributed by atoms with E-state index in [2.05, 4.69) is 18.4 Å². The fourth-order valence-electron chi connectivity index (χ4n) is 2.18. The lowest BCUT2D eigenvalue weighted by Crippen LogP contribution is -2.30. The zero-order valence-electron chi connectivity index (χ0n) is 10.5. The van der Waals surface area contributed by atoms with Crippen LogP contribution in [0.25, 0.3) is 0 Å². The van der Waals surface area contributed by atoms with Gasteiger partial charge in [0, 0.05) is 30.3 Å². The molecule has 1 aromatic heterocycles. The quantitative estimate of drug-likeness (QED) is 0.888. The fourth-order valence-corrected chi connectivity index (χ4v) is 3.29. The van der Waals surface area contributed by atoms with E-state index in [-0.39, 0.29) is 18.2 Å². The van der Waals surface area contributed by atoms with Crippen LogP contribution in [0.1, 0.15) is 29.2 Å². The highest BCUT2D eigenvalue weighted by molar-refractivity contribution is 7.10. The lowest BCUT2D eigenvalue weighted by Gasteiger charge is -2.15. The second-order valence-electron chi connectivity index (χ2n) is 4.82. The SMILES string of the molecule is Cc1ccsc1[C@@H]1C[C@H]1C(=O)N(C)CCC(=O)O. The minimum absolute atomic E-state index is 0.0116. The van der Waals surface area contributed by atoms with E-state index >= 15 is 0 Å². The van der Waals surface area contributed by atoms with Gasteiger partial charge in [0.15, 0.2) is 0 Å². The third-order valence-electron chi connectivity index (χ3n) is 3.38. The summed E-state index contributed by atoms with van der Waals surface area (Å²) in [6.07, 6.45) is 0.912. The van der Waals surface area contributed by atoms with Crippen molar-refractivity contribution in [2.24, 2.45) is 5.92 Å². The van der Waals surface area contributed by atoms with E-state index in [1.54, 1.807) is 23.3 Å². The molecule has 1 aliphatic rings. The van der Waals surface area contributed by atoms with Crippen LogP contribution in [0, 0.1) is 12.8 Å². The molecule has 0 bridgehead atoms. The van der Waals surface area contributed by atoms with Gasteiger partial charge < -0.3 is 10.0 Å². The number of hydrogen-bond acceptors (Lipinski definition) is 3. The third kappa shape index (κ3) is 2.72. The molecule has 0 aromatic carbocycles. The number of hydrogen-bond donors (Lipinski definition) is 1. The zero-order valence-corrected chi connectivity index (χ0v) is 11.4. The highest BCUT2D eigenvalue weighted by Gasteiger charge is 2.46. The van der Waals surface area contributed by atoms with Crippen LogP contribution in [0.2, 0.25) is 0 Å². The molecule has 1 amide bonds. The van der Waals surface area contributed by atoms with Crippen LogP contribution in [-0.2, 0) is 9.59 Å². The number of aryl methyl sites for hydroxylation is 1. The molecule has 1 saturated carbocycles. The molecule has 1 heterocycles. The standard InChI is InChI=1S/C13H17NO3S/c1-8-4-6-18-12(8)9-7-10(9)13(17)14(2)5-3-11(15)16/h4,6,9-10H,3,5,7H2,1-2H3,(H,15,16)/t9-,10-/m1/s1. The summed E-state index contributed by atoms with van der Waals surface area (Å²) in [5.41, 5.74) is 1.26. The molecule has 2 rings (SSSR count). The van der Waals surface area contributed by atoms with E-state index in [0.717, 1.165) is 6.42 Å². The molecule has 4 nitrogen and oxygen atoms in total. The smallest absolute Gasteiger partial charge is 0.305 e. The van der Waals surface area contributed by atoms with E-state index in [9.17, 15) is 9.59 Å². The Morgan fingerprint density at radius 2 is 2.28 bits per heavy atom. The fraction of sp³-hybridized carbons (Fsp3) is 0.538. The van der Waals surface area contributed by atoms with Gasteiger partial charge in [0.2, 0.25) is 5.91 Å². The Bertz CT molecular complexity index is 469. The van der Waals surface area contributed by atoms with Gasteiger partial charge >= 0.3 is 5.97 Å². The molecule has 5 heteroatoms. The van der Waals surface area contributed by atoms with Crippen LogP contribution in [0.4, 0.5) is 0 Å². The van der Waals surface area contributed by atoms with Crippen LogP contribution in [-0.4, -0.2) is 35.5 Å². The van der Waals surface area contributed by atoms with Crippen LogP contribution in [0.3, 0.4) is 0 Å². The Hall–Kier alpha value is -1.36. The number of carbonyl (C=O) groups is 2. The molecule has 0 spiro atoms. The molecule has 1 aromatic rings. The van der Waals surface area contributed by atoms with Gasteiger partial charge in [-0.05, 0) is 30.4 Å². The first kappa shape index (κ1) is 13.1. The van der Waals surface area contributed by atoms with Crippen molar-refractivity contribution in [3.05, 3.63) is 21.9 Å². The summed E-state index contributed by atoms with van der Waals surface area (Å²) in [5, 5.41) is 10.7. The van der Waals surface area contributed by atoms with Crippen LogP contribution < -0.4 is 0 Å². The van der Waals surface area contributed by atoms with E-state index in [1.165, 1.54) is 10.4 Å². The number of amides is 1. The van der Waals surface area contributed by atoms with Crippen molar-refractivity contribution in [2.75, 3.05) is 13.6 Å². The van der Waals surface area contributed by atoms with Gasteiger partial charge in [-0.2, -0.15) is 0 Å². The first-order chi connectivity index (χ1) is 8.50. The molecule has 0 radical (unpaired) electrons. The third-order valence-corrected chi connectivity index (χ3v) is 4.53. The lowest BCUT2D eigenvalue weighted by atomic mass is 10.2. The van der Waals surface area contributed by atoms with Gasteiger partial charge in [0.1, 0.15) is 0 Å². The molecule has 1 aliphatic carbocycles. The summed E-state index contributed by atoms with van der Waals surface area (Å²) >= 11 is 1.71. The maximum Gasteiger partial charge on any atom is 0.305 e. The summed E-state index contributed by atoms with van der Waals surface area (Å²) in [5.74, 6) is -0.379. The van der Waals surface area contributed by atoms with Gasteiger partial charge in [0.25, 0.3) is 0 Å². The summed E-state index contributed by atoms with van der Waals surface area (Å²) in [6.45, 7) is 2.36. The van der Waals surface area contributed by atoms with Gasteiger partial charge in [-0.25, -0.2) is 0 Å². The Kier molecular flexibility index (Phi) is 3.71. The number of carboxylic acids is 1. The van der Waals surface area contributed by atoms with Crippen molar-refractivity contribution in [3.63, 3.8) is 0 Å². The van der Waals surface area contributed by atoms with Crippen molar-refractivity contribution in [1.82, 2.24) is 4.90 Å². The molecular formula is C13H17NO3S. The second kappa shape index (κ2) is 5.10. The van der Waals surface area contributed by atoms with E-state index in [1.807, 2.05) is 0 Å². The predicted octanol–water partition coefficient (Wildman–Crippen LogP) is 2.09. The number of rotatable bonds is 5. The van der Waals surface area contributed by atoms with Crippen molar-refractivity contribution >= 4 is 23.2 Å². The summed E-state index contributed by atoms with van der Waals surface area (Å²) in [6, 6.07) is 2.08. The number of carboxylic acid groups (broad SMARTS) is 1. The Morgan fingerprint density at radius 1 is 1.56 bits per heavy atom.